The van der Waals surface area contributed by atoms with Gasteiger partial charge in [-0.15, -0.1) is 0 Å². The lowest BCUT2D eigenvalue weighted by molar-refractivity contribution is -0.142. The van der Waals surface area contributed by atoms with Crippen molar-refractivity contribution in [3.63, 3.8) is 0 Å². The maximum atomic E-state index is 14.8. The van der Waals surface area contributed by atoms with E-state index < -0.39 is 108 Å². The molecule has 0 saturated carbocycles. The predicted molar refractivity (Wildman–Crippen MR) is 299 cm³/mol. The van der Waals surface area contributed by atoms with Gasteiger partial charge in [0.25, 0.3) is 0 Å². The van der Waals surface area contributed by atoms with Gasteiger partial charge >= 0.3 is 0 Å². The second-order valence-corrected chi connectivity index (χ2v) is 20.0. The summed E-state index contributed by atoms with van der Waals surface area (Å²) in [5.41, 5.74) is 41.1. The summed E-state index contributed by atoms with van der Waals surface area (Å²) in [7, 11) is 0. The molecule has 1 saturated heterocycles. The van der Waals surface area contributed by atoms with Crippen LogP contribution in [0, 0.1) is 5.92 Å². The van der Waals surface area contributed by atoms with E-state index in [1.807, 2.05) is 13.8 Å². The van der Waals surface area contributed by atoms with Gasteiger partial charge in [0.05, 0.1) is 12.5 Å². The minimum Gasteiger partial charge on any atom is -0.508 e. The zero-order valence-electron chi connectivity index (χ0n) is 45.2. The number of carbonyl (C=O) groups is 9. The molecular weight excluding hydrogens is 1030 g/mol. The Morgan fingerprint density at radius 1 is 0.562 bits per heavy atom. The highest BCUT2D eigenvalue weighted by Gasteiger charge is 2.40. The second-order valence-electron chi connectivity index (χ2n) is 20.0. The lowest BCUT2D eigenvalue weighted by atomic mass is 9.99. The molecule has 434 valence electrons. The Hall–Kier alpha value is -8.81. The highest BCUT2D eigenvalue weighted by molar-refractivity contribution is 5.98. The van der Waals surface area contributed by atoms with Crippen molar-refractivity contribution in [2.45, 2.75) is 133 Å². The number of primary amides is 2. The molecule has 21 N–H and O–H groups in total. The Kier molecular flexibility index (Phi) is 25.6. The Bertz CT molecular complexity index is 2630. The monoisotopic (exact) mass is 1110 g/mol. The number of hydrogen-bond acceptors (Lipinski definition) is 13. The van der Waals surface area contributed by atoms with Gasteiger partial charge in [0.2, 0.25) is 53.2 Å². The number of nitrogens with zero attached hydrogens (tertiary/aromatic N) is 3. The molecule has 3 aromatic carbocycles. The maximum Gasteiger partial charge on any atom is 0.245 e. The number of phenolic OH excluding ortho intramolecular Hbond substituents is 1. The zero-order valence-corrected chi connectivity index (χ0v) is 45.2. The lowest BCUT2D eigenvalue weighted by Crippen LogP contribution is -2.60. The molecule has 0 radical (unpaired) electrons. The second kappa shape index (κ2) is 32.2. The summed E-state index contributed by atoms with van der Waals surface area (Å²) in [5, 5.41) is 25.9. The average Bonchev–Trinajstić information content (AvgIpc) is 3.91. The standard InChI is InChI=1S/C54H78N16O10/c1-31(2)26-40(68-50(78)41(28-32-12-5-3-6-13-32)67-46(74)36(55)27-34-19-21-35(71)22-20-34)48(76)69-42(29-33-14-7-4-8-15-33)49(77)65-38(17-10-24-63-54(60)61)52(80)70-25-11-18-43(70)51(79)64-37(16-9-23-62-53(58)59)47(75)66-39(45(57)73)30-44(56)72/h3-8,12-15,19-22,31,36-43,71H,9-11,16-18,23-30,55H2,1-2H3,(H2,56,72)(H2,57,73)(H,64,79)(H,65,77)(H,66,75)(H,67,74)(H,68,78)(H,69,76)(H4,58,59,62)(H4,60,61,63)/t36-,37-,38-,39-,40+,41-,42-,43-/m0/s1. The van der Waals surface area contributed by atoms with Gasteiger partial charge in [-0.05, 0) is 86.1 Å². The van der Waals surface area contributed by atoms with Crippen LogP contribution >= 0.6 is 0 Å². The van der Waals surface area contributed by atoms with Crippen molar-refractivity contribution in [2.75, 3.05) is 19.6 Å². The van der Waals surface area contributed by atoms with Gasteiger partial charge in [0, 0.05) is 32.5 Å². The van der Waals surface area contributed by atoms with E-state index in [1.165, 1.54) is 17.0 Å². The predicted octanol–water partition coefficient (Wildman–Crippen LogP) is -2.84. The summed E-state index contributed by atoms with van der Waals surface area (Å²) in [6, 6.07) is 13.7. The maximum absolute atomic E-state index is 14.8. The molecule has 3 aromatic rings. The van der Waals surface area contributed by atoms with Crippen LogP contribution in [0.1, 0.15) is 81.9 Å². The van der Waals surface area contributed by atoms with E-state index in [2.05, 4.69) is 41.9 Å². The summed E-state index contributed by atoms with van der Waals surface area (Å²) in [6.07, 6.45) is 0.290. The molecule has 9 amide bonds. The van der Waals surface area contributed by atoms with E-state index in [-0.39, 0.29) is 101 Å². The fraction of sp³-hybridized carbons (Fsp3) is 0.463. The van der Waals surface area contributed by atoms with Gasteiger partial charge in [-0.3, -0.25) is 53.1 Å². The Balaban J connectivity index is 1.61. The van der Waals surface area contributed by atoms with Crippen LogP contribution in [0.4, 0.5) is 0 Å². The van der Waals surface area contributed by atoms with Crippen molar-refractivity contribution in [1.29, 1.82) is 0 Å². The third kappa shape index (κ3) is 21.9. The van der Waals surface area contributed by atoms with Crippen LogP contribution in [0.5, 0.6) is 5.75 Å². The van der Waals surface area contributed by atoms with E-state index in [0.717, 1.165) is 0 Å². The fourth-order valence-electron chi connectivity index (χ4n) is 8.90. The molecule has 4 rings (SSSR count). The molecule has 26 heteroatoms. The van der Waals surface area contributed by atoms with Crippen molar-refractivity contribution < 1.29 is 48.3 Å². The van der Waals surface area contributed by atoms with Gasteiger partial charge in [-0.2, -0.15) is 0 Å². The lowest BCUT2D eigenvalue weighted by Gasteiger charge is -2.31. The highest BCUT2D eigenvalue weighted by Crippen LogP contribution is 2.21. The SMILES string of the molecule is CC(C)C[C@@H](NC(=O)[C@H](Cc1ccccc1)NC(=O)[C@@H](N)Cc1ccc(O)cc1)C(=O)N[C@@H](Cc1ccccc1)C(=O)N[C@@H](CCCN=C(N)N)C(=O)N1CCC[C@H]1C(=O)N[C@@H](CCCN=C(N)N)C(=O)N[C@@H](CC(N)=O)C(N)=O. The van der Waals surface area contributed by atoms with Crippen LogP contribution in [0.15, 0.2) is 94.9 Å². The first-order valence-corrected chi connectivity index (χ1v) is 26.4. The summed E-state index contributed by atoms with van der Waals surface area (Å²) < 4.78 is 0. The molecule has 0 aliphatic carbocycles. The third-order valence-corrected chi connectivity index (χ3v) is 12.9. The third-order valence-electron chi connectivity index (χ3n) is 12.9. The van der Waals surface area contributed by atoms with Crippen molar-refractivity contribution >= 4 is 65.1 Å². The summed E-state index contributed by atoms with van der Waals surface area (Å²) in [5.74, 6) is -7.68. The minimum absolute atomic E-state index is 0.0317. The number of carbonyl (C=O) groups excluding carboxylic acids is 9. The normalized spacial score (nSPS) is 15.5. The summed E-state index contributed by atoms with van der Waals surface area (Å²) in [4.78, 5) is 133. The van der Waals surface area contributed by atoms with Gasteiger partial charge in [0.15, 0.2) is 11.9 Å². The molecule has 0 bridgehead atoms. The number of nitrogens with two attached hydrogens (primary N) is 7. The van der Waals surface area contributed by atoms with Crippen molar-refractivity contribution in [2.24, 2.45) is 56.0 Å². The summed E-state index contributed by atoms with van der Waals surface area (Å²) in [6.45, 7) is 3.86. The first-order valence-electron chi connectivity index (χ1n) is 26.4. The number of guanidine groups is 2. The molecule has 0 unspecified atom stereocenters. The van der Waals surface area contributed by atoms with Crippen LogP contribution < -0.4 is 72.0 Å². The van der Waals surface area contributed by atoms with Crippen molar-refractivity contribution in [3.05, 3.63) is 102 Å². The smallest absolute Gasteiger partial charge is 0.245 e. The Morgan fingerprint density at radius 2 is 1.01 bits per heavy atom. The van der Waals surface area contributed by atoms with Gasteiger partial charge in [-0.1, -0.05) is 86.6 Å². The Labute approximate surface area is 464 Å². The van der Waals surface area contributed by atoms with E-state index in [1.54, 1.807) is 72.8 Å². The van der Waals surface area contributed by atoms with Gasteiger partial charge in [0.1, 0.15) is 48.0 Å². The number of nitrogens with one attached hydrogen (secondary N) is 6. The molecule has 0 aromatic heterocycles. The van der Waals surface area contributed by atoms with Crippen LogP contribution in [-0.2, 0) is 62.4 Å². The number of likely N-dealkylation sites (tertiary alicyclic amines) is 1. The molecule has 26 nitrogen and oxygen atoms in total. The van der Waals surface area contributed by atoms with E-state index >= 15 is 0 Å². The largest absolute Gasteiger partial charge is 0.508 e. The number of rotatable bonds is 32. The first kappa shape index (κ1) is 63.7. The fourth-order valence-corrected chi connectivity index (χ4v) is 8.90. The molecular formula is C54H78N16O10. The van der Waals surface area contributed by atoms with Gasteiger partial charge < -0.3 is 82.0 Å². The number of aliphatic imine (C=N–C) groups is 2. The molecule has 80 heavy (non-hydrogen) atoms. The topological polar surface area (TPSA) is 456 Å². The zero-order chi connectivity index (χ0) is 58.9. The van der Waals surface area contributed by atoms with Crippen LogP contribution in [0.2, 0.25) is 0 Å². The average molecular weight is 1110 g/mol. The van der Waals surface area contributed by atoms with Crippen LogP contribution in [0.25, 0.3) is 0 Å². The minimum atomic E-state index is -1.49. The number of amides is 9. The number of aromatic hydroxyl groups is 1. The van der Waals surface area contributed by atoms with E-state index in [4.69, 9.17) is 40.1 Å². The quantitative estimate of drug-likeness (QED) is 0.0170. The van der Waals surface area contributed by atoms with Gasteiger partial charge in [-0.25, -0.2) is 0 Å². The molecule has 0 spiro atoms. The number of benzene rings is 3. The van der Waals surface area contributed by atoms with Crippen LogP contribution in [-0.4, -0.2) is 143 Å². The highest BCUT2D eigenvalue weighted by atomic mass is 16.3. The van der Waals surface area contributed by atoms with Crippen molar-refractivity contribution in [1.82, 2.24) is 36.8 Å². The Morgan fingerprint density at radius 3 is 1.51 bits per heavy atom. The molecule has 1 heterocycles. The molecule has 1 aliphatic heterocycles. The first-order chi connectivity index (χ1) is 38.0. The van der Waals surface area contributed by atoms with E-state index in [0.29, 0.717) is 23.1 Å². The van der Waals surface area contributed by atoms with Crippen molar-refractivity contribution in [3.8, 4) is 5.75 Å². The van der Waals surface area contributed by atoms with E-state index in [9.17, 15) is 48.3 Å². The van der Waals surface area contributed by atoms with Crippen LogP contribution in [0.3, 0.4) is 0 Å². The number of hydrogen-bond donors (Lipinski definition) is 14. The summed E-state index contributed by atoms with van der Waals surface area (Å²) >= 11 is 0. The molecule has 1 aliphatic rings. The molecule has 1 fully saturated rings. The number of phenols is 1. The molecule has 8 atom stereocenters.